The number of carbonyl (C=O) groups excluding carboxylic acids is 1. The summed E-state index contributed by atoms with van der Waals surface area (Å²) < 4.78 is 23.2. The van der Waals surface area contributed by atoms with Crippen LogP contribution >= 0.6 is 11.6 Å². The molecule has 0 fully saturated rings. The lowest BCUT2D eigenvalue weighted by Crippen LogP contribution is -2.19. The summed E-state index contributed by atoms with van der Waals surface area (Å²) in [5.74, 6) is -0.427. The Morgan fingerprint density at radius 3 is 2.44 bits per heavy atom. The first kappa shape index (κ1) is 15.0. The lowest BCUT2D eigenvalue weighted by molar-refractivity contribution is 0.0989. The quantitative estimate of drug-likeness (QED) is 0.666. The molecule has 0 aromatic heterocycles. The third-order valence-electron chi connectivity index (χ3n) is 2.57. The molecule has 0 aliphatic carbocycles. The molecule has 2 N–H and O–H groups in total. The number of halogens is 1. The zero-order chi connectivity index (χ0) is 13.9. The summed E-state index contributed by atoms with van der Waals surface area (Å²) in [4.78, 5) is 11.8. The van der Waals surface area contributed by atoms with Crippen LogP contribution in [0.5, 0.6) is 0 Å². The van der Waals surface area contributed by atoms with Crippen molar-refractivity contribution in [2.75, 3.05) is 11.5 Å². The molecule has 0 aliphatic heterocycles. The van der Waals surface area contributed by atoms with Crippen molar-refractivity contribution in [1.82, 2.24) is 0 Å². The average Bonchev–Trinajstić information content (AvgIpc) is 2.24. The fourth-order valence-electron chi connectivity index (χ4n) is 1.39. The van der Waals surface area contributed by atoms with Crippen LogP contribution in [0.4, 0.5) is 5.69 Å². The second-order valence-electron chi connectivity index (χ2n) is 4.36. The first-order valence-electron chi connectivity index (χ1n) is 5.53. The maximum Gasteiger partial charge on any atom is 0.164 e. The average molecular weight is 290 g/mol. The summed E-state index contributed by atoms with van der Waals surface area (Å²) >= 11 is 5.78. The molecule has 0 heterocycles. The van der Waals surface area contributed by atoms with Crippen molar-refractivity contribution < 1.29 is 13.2 Å². The summed E-state index contributed by atoms with van der Waals surface area (Å²) in [5.41, 5.74) is 6.31. The molecule has 0 aliphatic rings. The number of nitrogen functional groups attached to an aromatic ring is 1. The molecule has 0 saturated carbocycles. The van der Waals surface area contributed by atoms with E-state index in [9.17, 15) is 13.2 Å². The van der Waals surface area contributed by atoms with Gasteiger partial charge >= 0.3 is 0 Å². The molecule has 100 valence electrons. The molecule has 0 saturated heterocycles. The summed E-state index contributed by atoms with van der Waals surface area (Å²) in [6.45, 7) is 3.19. The van der Waals surface area contributed by atoms with E-state index in [1.54, 1.807) is 13.8 Å². The molecule has 0 unspecified atom stereocenters. The summed E-state index contributed by atoms with van der Waals surface area (Å²) in [7, 11) is -3.21. The van der Waals surface area contributed by atoms with Gasteiger partial charge in [-0.2, -0.15) is 0 Å². The van der Waals surface area contributed by atoms with Crippen LogP contribution in [0.3, 0.4) is 0 Å². The van der Waals surface area contributed by atoms with Crippen molar-refractivity contribution in [1.29, 1.82) is 0 Å². The van der Waals surface area contributed by atoms with Crippen molar-refractivity contribution in [3.05, 3.63) is 28.8 Å². The van der Waals surface area contributed by atoms with Gasteiger partial charge in [0, 0.05) is 22.7 Å². The van der Waals surface area contributed by atoms with Crippen LogP contribution in [0, 0.1) is 0 Å². The second kappa shape index (κ2) is 5.71. The van der Waals surface area contributed by atoms with Crippen molar-refractivity contribution in [3.8, 4) is 0 Å². The number of ketones is 1. The van der Waals surface area contributed by atoms with E-state index in [-0.39, 0.29) is 18.0 Å². The Hall–Kier alpha value is -1.07. The number of nitrogens with two attached hydrogens (primary N) is 1. The van der Waals surface area contributed by atoms with E-state index in [2.05, 4.69) is 0 Å². The minimum absolute atomic E-state index is 0.0553. The highest BCUT2D eigenvalue weighted by molar-refractivity contribution is 7.91. The van der Waals surface area contributed by atoms with E-state index in [1.807, 2.05) is 0 Å². The number of anilines is 1. The highest BCUT2D eigenvalue weighted by atomic mass is 35.5. The van der Waals surface area contributed by atoms with E-state index < -0.39 is 15.1 Å². The predicted molar refractivity (Wildman–Crippen MR) is 73.7 cm³/mol. The highest BCUT2D eigenvalue weighted by Crippen LogP contribution is 2.18. The zero-order valence-corrected chi connectivity index (χ0v) is 11.9. The zero-order valence-electron chi connectivity index (χ0n) is 10.3. The fraction of sp³-hybridized carbons (Fsp3) is 0.417. The molecular weight excluding hydrogens is 274 g/mol. The normalized spacial score (nSPS) is 11.8. The van der Waals surface area contributed by atoms with Gasteiger partial charge in [0.25, 0.3) is 0 Å². The lowest BCUT2D eigenvalue weighted by Gasteiger charge is -2.07. The van der Waals surface area contributed by atoms with Gasteiger partial charge in [0.2, 0.25) is 0 Å². The van der Waals surface area contributed by atoms with Crippen molar-refractivity contribution in [3.63, 3.8) is 0 Å². The van der Waals surface area contributed by atoms with E-state index in [1.165, 1.54) is 18.2 Å². The summed E-state index contributed by atoms with van der Waals surface area (Å²) in [6, 6.07) is 4.52. The summed E-state index contributed by atoms with van der Waals surface area (Å²) in [5, 5.41) is -0.111. The van der Waals surface area contributed by atoms with Gasteiger partial charge < -0.3 is 5.73 Å². The number of sulfone groups is 1. The number of benzene rings is 1. The highest BCUT2D eigenvalue weighted by Gasteiger charge is 2.18. The Morgan fingerprint density at radius 1 is 1.33 bits per heavy atom. The number of carbonyl (C=O) groups is 1. The Balaban J connectivity index is 2.78. The molecule has 0 radical (unpaired) electrons. The van der Waals surface area contributed by atoms with Crippen LogP contribution in [0.15, 0.2) is 18.2 Å². The Morgan fingerprint density at radius 2 is 1.94 bits per heavy atom. The van der Waals surface area contributed by atoms with Crippen LogP contribution in [0.2, 0.25) is 5.02 Å². The molecule has 1 aromatic rings. The van der Waals surface area contributed by atoms with E-state index in [0.29, 0.717) is 16.3 Å². The molecule has 18 heavy (non-hydrogen) atoms. The monoisotopic (exact) mass is 289 g/mol. The number of Topliss-reactive ketones (excluding diaryl/α,β-unsaturated/α-hetero) is 1. The van der Waals surface area contributed by atoms with Gasteiger partial charge in [-0.15, -0.1) is 0 Å². The van der Waals surface area contributed by atoms with Crippen molar-refractivity contribution >= 4 is 32.9 Å². The third-order valence-corrected chi connectivity index (χ3v) is 5.00. The Kier molecular flexibility index (Phi) is 4.76. The summed E-state index contributed by atoms with van der Waals surface area (Å²) in [6.07, 6.45) is -0.0553. The van der Waals surface area contributed by atoms with Crippen LogP contribution in [-0.4, -0.2) is 25.2 Å². The molecule has 4 nitrogen and oxygen atoms in total. The molecule has 0 spiro atoms. The van der Waals surface area contributed by atoms with Crippen LogP contribution in [-0.2, 0) is 9.84 Å². The first-order chi connectivity index (χ1) is 8.22. The van der Waals surface area contributed by atoms with E-state index in [0.717, 1.165) is 0 Å². The molecule has 0 atom stereocenters. The second-order valence-corrected chi connectivity index (χ2v) is 7.48. The predicted octanol–water partition coefficient (Wildman–Crippen LogP) is 2.32. The SMILES string of the molecule is CC(C)S(=O)(=O)CCC(=O)c1cc(N)cc(Cl)c1. The fourth-order valence-corrected chi connectivity index (χ4v) is 2.57. The molecule has 1 rings (SSSR count). The Labute approximate surface area is 112 Å². The van der Waals surface area contributed by atoms with Crippen LogP contribution in [0.25, 0.3) is 0 Å². The maximum absolute atomic E-state index is 11.8. The van der Waals surface area contributed by atoms with Crippen molar-refractivity contribution in [2.45, 2.75) is 25.5 Å². The molecule has 6 heteroatoms. The molecule has 0 amide bonds. The molecule has 1 aromatic carbocycles. The number of hydrogen-bond acceptors (Lipinski definition) is 4. The third kappa shape index (κ3) is 3.99. The number of hydrogen-bond donors (Lipinski definition) is 1. The van der Waals surface area contributed by atoms with Gasteiger partial charge in [-0.05, 0) is 32.0 Å². The topological polar surface area (TPSA) is 77.2 Å². The van der Waals surface area contributed by atoms with Gasteiger partial charge in [-0.25, -0.2) is 8.42 Å². The molecule has 0 bridgehead atoms. The van der Waals surface area contributed by atoms with Gasteiger partial charge in [0.15, 0.2) is 15.6 Å². The van der Waals surface area contributed by atoms with Crippen molar-refractivity contribution in [2.24, 2.45) is 0 Å². The number of rotatable bonds is 5. The molecular formula is C12H16ClNO3S. The first-order valence-corrected chi connectivity index (χ1v) is 7.62. The van der Waals surface area contributed by atoms with Crippen LogP contribution < -0.4 is 5.73 Å². The van der Waals surface area contributed by atoms with Crippen LogP contribution in [0.1, 0.15) is 30.6 Å². The van der Waals surface area contributed by atoms with E-state index in [4.69, 9.17) is 17.3 Å². The minimum Gasteiger partial charge on any atom is -0.399 e. The lowest BCUT2D eigenvalue weighted by atomic mass is 10.1. The maximum atomic E-state index is 11.8. The Bertz CT molecular complexity index is 532. The van der Waals surface area contributed by atoms with Gasteiger partial charge in [-0.1, -0.05) is 11.6 Å². The van der Waals surface area contributed by atoms with Gasteiger partial charge in [0.1, 0.15) is 0 Å². The standard InChI is InChI=1S/C12H16ClNO3S/c1-8(2)18(16,17)4-3-12(15)9-5-10(13)7-11(14)6-9/h5-8H,3-4,14H2,1-2H3. The largest absolute Gasteiger partial charge is 0.399 e. The van der Waals surface area contributed by atoms with E-state index >= 15 is 0 Å². The van der Waals surface area contributed by atoms with Gasteiger partial charge in [0.05, 0.1) is 11.0 Å². The minimum atomic E-state index is -3.21. The van der Waals surface area contributed by atoms with Gasteiger partial charge in [-0.3, -0.25) is 4.79 Å². The smallest absolute Gasteiger partial charge is 0.164 e.